The lowest BCUT2D eigenvalue weighted by molar-refractivity contribution is -0.0370. The van der Waals surface area contributed by atoms with Gasteiger partial charge in [-0.25, -0.2) is 14.6 Å². The minimum absolute atomic E-state index is 0.507. The Morgan fingerprint density at radius 2 is 1.90 bits per heavy atom. The average Bonchev–Trinajstić information content (AvgIpc) is 3.32. The van der Waals surface area contributed by atoms with Crippen LogP contribution in [-0.2, 0) is 11.3 Å². The van der Waals surface area contributed by atoms with Crippen LogP contribution < -0.4 is 5.32 Å². The second kappa shape index (κ2) is 8.03. The van der Waals surface area contributed by atoms with Gasteiger partial charge in [-0.3, -0.25) is 4.98 Å². The predicted octanol–water partition coefficient (Wildman–Crippen LogP) is 2.14. The first-order chi connectivity index (χ1) is 15.1. The number of aliphatic hydroxyl groups is 2. The van der Waals surface area contributed by atoms with E-state index < -0.39 is 24.5 Å². The molecule has 4 atom stereocenters. The molecule has 0 radical (unpaired) electrons. The zero-order chi connectivity index (χ0) is 21.4. The number of aliphatic hydroxyl groups excluding tert-OH is 2. The van der Waals surface area contributed by atoms with Crippen molar-refractivity contribution in [3.05, 3.63) is 66.7 Å². The van der Waals surface area contributed by atoms with E-state index in [0.29, 0.717) is 29.1 Å². The average molecular weight is 418 g/mol. The number of rotatable bonds is 5. The number of nitrogens with zero attached hydrogens (tertiary/aromatic N) is 5. The Morgan fingerprint density at radius 3 is 2.61 bits per heavy atom. The van der Waals surface area contributed by atoms with E-state index in [-0.39, 0.29) is 0 Å². The molecule has 1 aliphatic rings. The number of hydrogen-bond donors (Lipinski definition) is 3. The number of pyridine rings is 1. The Labute approximate surface area is 178 Å². The highest BCUT2D eigenvalue weighted by atomic mass is 16.6. The predicted molar refractivity (Wildman–Crippen MR) is 114 cm³/mol. The summed E-state index contributed by atoms with van der Waals surface area (Å²) in [5.41, 5.74) is 3.06. The molecule has 1 saturated heterocycles. The van der Waals surface area contributed by atoms with Crippen molar-refractivity contribution in [2.24, 2.45) is 0 Å². The van der Waals surface area contributed by atoms with E-state index in [1.165, 1.54) is 11.0 Å². The topological polar surface area (TPSA) is 118 Å². The molecule has 0 spiro atoms. The van der Waals surface area contributed by atoms with Crippen molar-refractivity contribution in [2.75, 3.05) is 5.32 Å². The van der Waals surface area contributed by atoms with Crippen LogP contribution in [0, 0.1) is 0 Å². The van der Waals surface area contributed by atoms with Crippen LogP contribution in [0.3, 0.4) is 0 Å². The molecule has 0 saturated carbocycles. The number of ether oxygens (including phenoxy) is 1. The third-order valence-corrected chi connectivity index (χ3v) is 5.44. The van der Waals surface area contributed by atoms with Crippen molar-refractivity contribution < 1.29 is 14.9 Å². The van der Waals surface area contributed by atoms with Gasteiger partial charge in [0.1, 0.15) is 30.0 Å². The van der Waals surface area contributed by atoms with E-state index >= 15 is 0 Å². The van der Waals surface area contributed by atoms with Gasteiger partial charge in [0.05, 0.1) is 11.5 Å². The fourth-order valence-electron chi connectivity index (χ4n) is 3.80. The van der Waals surface area contributed by atoms with Gasteiger partial charge in [0, 0.05) is 24.5 Å². The molecule has 5 rings (SSSR count). The molecule has 0 unspecified atom stereocenters. The van der Waals surface area contributed by atoms with E-state index in [2.05, 4.69) is 20.3 Å². The van der Waals surface area contributed by atoms with Crippen LogP contribution in [0.2, 0.25) is 0 Å². The summed E-state index contributed by atoms with van der Waals surface area (Å²) < 4.78 is 7.34. The molecule has 0 amide bonds. The van der Waals surface area contributed by atoms with Crippen LogP contribution in [0.4, 0.5) is 5.82 Å². The van der Waals surface area contributed by atoms with Gasteiger partial charge in [0.15, 0.2) is 11.9 Å². The van der Waals surface area contributed by atoms with Crippen molar-refractivity contribution >= 4 is 16.9 Å². The lowest BCUT2D eigenvalue weighted by Crippen LogP contribution is -2.30. The standard InChI is InChI=1S/C22H22N6O3/c1-13-18(29)19(30)22(31-13)28-21-16(17(27-28)15-7-3-2-4-8-15)20(25-12-26-21)24-11-14-6-5-9-23-10-14/h2-10,12-13,18-19,22,29-30H,11H2,1H3,(H,24,25,26)/t13-,18+,19+,22-/m1/s1. The van der Waals surface area contributed by atoms with Gasteiger partial charge < -0.3 is 20.3 Å². The van der Waals surface area contributed by atoms with Crippen molar-refractivity contribution in [3.8, 4) is 11.3 Å². The molecule has 31 heavy (non-hydrogen) atoms. The largest absolute Gasteiger partial charge is 0.388 e. The van der Waals surface area contributed by atoms with Crippen molar-refractivity contribution in [1.29, 1.82) is 0 Å². The Hall–Kier alpha value is -3.40. The highest BCUT2D eigenvalue weighted by molar-refractivity contribution is 5.99. The van der Waals surface area contributed by atoms with Crippen molar-refractivity contribution in [2.45, 2.75) is 38.0 Å². The molecular formula is C22H22N6O3. The fraction of sp³-hybridized carbons (Fsp3) is 0.273. The SMILES string of the molecule is C[C@H]1O[C@@H](n2nc(-c3ccccc3)c3c(NCc4cccnc4)ncnc32)[C@@H](O)[C@H]1O. The Kier molecular flexibility index (Phi) is 5.06. The third kappa shape index (κ3) is 3.52. The highest BCUT2D eigenvalue weighted by Gasteiger charge is 2.43. The Balaban J connectivity index is 1.63. The lowest BCUT2D eigenvalue weighted by atomic mass is 10.1. The number of fused-ring (bicyclic) bond motifs is 1. The highest BCUT2D eigenvalue weighted by Crippen LogP contribution is 2.36. The molecular weight excluding hydrogens is 396 g/mol. The van der Waals surface area contributed by atoms with E-state index in [4.69, 9.17) is 9.84 Å². The van der Waals surface area contributed by atoms with Crippen LogP contribution >= 0.6 is 0 Å². The van der Waals surface area contributed by atoms with Gasteiger partial charge in [-0.1, -0.05) is 36.4 Å². The molecule has 3 aromatic heterocycles. The number of aromatic nitrogens is 5. The first-order valence-electron chi connectivity index (χ1n) is 10.1. The van der Waals surface area contributed by atoms with Gasteiger partial charge in [0.25, 0.3) is 0 Å². The zero-order valence-electron chi connectivity index (χ0n) is 16.8. The summed E-state index contributed by atoms with van der Waals surface area (Å²) in [4.78, 5) is 13.0. The maximum absolute atomic E-state index is 10.5. The lowest BCUT2D eigenvalue weighted by Gasteiger charge is -2.15. The number of anilines is 1. The van der Waals surface area contributed by atoms with Crippen molar-refractivity contribution in [1.82, 2.24) is 24.7 Å². The number of hydrogen-bond acceptors (Lipinski definition) is 8. The maximum Gasteiger partial charge on any atom is 0.181 e. The maximum atomic E-state index is 10.5. The Morgan fingerprint density at radius 1 is 1.06 bits per heavy atom. The second-order valence-corrected chi connectivity index (χ2v) is 7.51. The zero-order valence-corrected chi connectivity index (χ0v) is 16.8. The monoisotopic (exact) mass is 418 g/mol. The summed E-state index contributed by atoms with van der Waals surface area (Å²) >= 11 is 0. The van der Waals surface area contributed by atoms with Gasteiger partial charge in [-0.2, -0.15) is 5.10 Å². The van der Waals surface area contributed by atoms with Gasteiger partial charge in [-0.15, -0.1) is 0 Å². The molecule has 9 heteroatoms. The quantitative estimate of drug-likeness (QED) is 0.451. The van der Waals surface area contributed by atoms with Gasteiger partial charge in [-0.05, 0) is 18.6 Å². The summed E-state index contributed by atoms with van der Waals surface area (Å²) in [7, 11) is 0. The molecule has 3 N–H and O–H groups in total. The molecule has 158 valence electrons. The van der Waals surface area contributed by atoms with E-state index in [1.54, 1.807) is 19.3 Å². The minimum atomic E-state index is -1.12. The molecule has 1 aromatic carbocycles. The number of benzene rings is 1. The van der Waals surface area contributed by atoms with Crippen LogP contribution in [0.15, 0.2) is 61.2 Å². The molecule has 4 aromatic rings. The van der Waals surface area contributed by atoms with Gasteiger partial charge >= 0.3 is 0 Å². The molecule has 0 aliphatic carbocycles. The summed E-state index contributed by atoms with van der Waals surface area (Å²) in [6, 6.07) is 13.6. The van der Waals surface area contributed by atoms with E-state index in [0.717, 1.165) is 11.1 Å². The number of nitrogens with one attached hydrogen (secondary N) is 1. The second-order valence-electron chi connectivity index (χ2n) is 7.51. The van der Waals surface area contributed by atoms with E-state index in [9.17, 15) is 10.2 Å². The first-order valence-corrected chi connectivity index (χ1v) is 10.1. The summed E-state index contributed by atoms with van der Waals surface area (Å²) in [5, 5.41) is 29.5. The first kappa shape index (κ1) is 19.6. The van der Waals surface area contributed by atoms with Crippen LogP contribution in [0.1, 0.15) is 18.7 Å². The van der Waals surface area contributed by atoms with Gasteiger partial charge in [0.2, 0.25) is 0 Å². The van der Waals surface area contributed by atoms with Crippen molar-refractivity contribution in [3.63, 3.8) is 0 Å². The molecule has 4 heterocycles. The summed E-state index contributed by atoms with van der Waals surface area (Å²) in [5.74, 6) is 0.611. The smallest absolute Gasteiger partial charge is 0.181 e. The van der Waals surface area contributed by atoms with Crippen LogP contribution in [0.5, 0.6) is 0 Å². The van der Waals surface area contributed by atoms with Crippen LogP contribution in [0.25, 0.3) is 22.3 Å². The fourth-order valence-corrected chi connectivity index (χ4v) is 3.80. The summed E-state index contributed by atoms with van der Waals surface area (Å²) in [6.45, 7) is 2.24. The van der Waals surface area contributed by atoms with Crippen LogP contribution in [-0.4, -0.2) is 53.3 Å². The molecule has 1 fully saturated rings. The molecule has 0 bridgehead atoms. The van der Waals surface area contributed by atoms with E-state index in [1.807, 2.05) is 42.5 Å². The normalized spacial score (nSPS) is 23.3. The third-order valence-electron chi connectivity index (χ3n) is 5.44. The molecule has 1 aliphatic heterocycles. The summed E-state index contributed by atoms with van der Waals surface area (Å²) in [6.07, 6.45) is 1.46. The molecule has 9 nitrogen and oxygen atoms in total. The Bertz CT molecular complexity index is 1180. The minimum Gasteiger partial charge on any atom is -0.388 e.